The standard InChI is InChI=1S/C10H19N5O/c1-10(2,15(3)4)7-16-8-5-6-12-9(13-8)14-11/h5-6H,7,11H2,1-4H3,(H,12,13,14). The van der Waals surface area contributed by atoms with Crippen LogP contribution in [0, 0.1) is 0 Å². The number of aromatic nitrogens is 2. The molecule has 16 heavy (non-hydrogen) atoms. The van der Waals surface area contributed by atoms with Gasteiger partial charge in [0.2, 0.25) is 11.8 Å². The second-order valence-electron chi connectivity index (χ2n) is 4.36. The van der Waals surface area contributed by atoms with E-state index in [1.165, 1.54) is 0 Å². The van der Waals surface area contributed by atoms with Gasteiger partial charge in [0.15, 0.2) is 0 Å². The zero-order valence-corrected chi connectivity index (χ0v) is 10.2. The van der Waals surface area contributed by atoms with E-state index in [9.17, 15) is 0 Å². The van der Waals surface area contributed by atoms with E-state index < -0.39 is 0 Å². The molecule has 0 bridgehead atoms. The van der Waals surface area contributed by atoms with E-state index in [0.717, 1.165) is 0 Å². The first-order valence-corrected chi connectivity index (χ1v) is 5.05. The van der Waals surface area contributed by atoms with Crippen molar-refractivity contribution in [2.24, 2.45) is 5.84 Å². The molecule has 0 aliphatic carbocycles. The van der Waals surface area contributed by atoms with Crippen LogP contribution >= 0.6 is 0 Å². The molecule has 0 unspecified atom stereocenters. The van der Waals surface area contributed by atoms with E-state index in [2.05, 4.69) is 34.1 Å². The first-order chi connectivity index (χ1) is 7.45. The van der Waals surface area contributed by atoms with Crippen molar-refractivity contribution in [3.05, 3.63) is 12.3 Å². The molecular formula is C10H19N5O. The molecule has 0 spiro atoms. The smallest absolute Gasteiger partial charge is 0.240 e. The second kappa shape index (κ2) is 5.09. The Morgan fingerprint density at radius 1 is 1.50 bits per heavy atom. The van der Waals surface area contributed by atoms with Crippen LogP contribution in [0.2, 0.25) is 0 Å². The van der Waals surface area contributed by atoms with Gasteiger partial charge in [-0.05, 0) is 27.9 Å². The molecule has 0 aromatic carbocycles. The van der Waals surface area contributed by atoms with Crippen molar-refractivity contribution < 1.29 is 4.74 Å². The summed E-state index contributed by atoms with van der Waals surface area (Å²) in [6, 6.07) is 1.70. The summed E-state index contributed by atoms with van der Waals surface area (Å²) in [4.78, 5) is 10.1. The van der Waals surface area contributed by atoms with Crippen molar-refractivity contribution in [3.8, 4) is 5.88 Å². The Bertz CT molecular complexity index is 340. The molecule has 0 saturated heterocycles. The van der Waals surface area contributed by atoms with Gasteiger partial charge in [0.05, 0.1) is 0 Å². The van der Waals surface area contributed by atoms with Crippen LogP contribution in [0.1, 0.15) is 13.8 Å². The van der Waals surface area contributed by atoms with Gasteiger partial charge in [-0.25, -0.2) is 10.8 Å². The fraction of sp³-hybridized carbons (Fsp3) is 0.600. The predicted octanol–water partition coefficient (Wildman–Crippen LogP) is 0.481. The Morgan fingerprint density at radius 3 is 2.75 bits per heavy atom. The summed E-state index contributed by atoms with van der Waals surface area (Å²) < 4.78 is 5.59. The van der Waals surface area contributed by atoms with Crippen LogP contribution in [0.15, 0.2) is 12.3 Å². The number of anilines is 1. The monoisotopic (exact) mass is 225 g/mol. The number of nitrogens with zero attached hydrogens (tertiary/aromatic N) is 3. The number of nitrogens with one attached hydrogen (secondary N) is 1. The molecule has 3 N–H and O–H groups in total. The number of ether oxygens (including phenoxy) is 1. The Hall–Kier alpha value is -1.40. The molecule has 1 heterocycles. The number of nitrogens with two attached hydrogens (primary N) is 1. The summed E-state index contributed by atoms with van der Waals surface area (Å²) in [6.45, 7) is 4.73. The van der Waals surface area contributed by atoms with Gasteiger partial charge >= 0.3 is 0 Å². The molecule has 90 valence electrons. The van der Waals surface area contributed by atoms with Crippen LogP contribution in [0.5, 0.6) is 5.88 Å². The lowest BCUT2D eigenvalue weighted by molar-refractivity contribution is 0.111. The summed E-state index contributed by atoms with van der Waals surface area (Å²) in [6.07, 6.45) is 1.60. The van der Waals surface area contributed by atoms with E-state index in [4.69, 9.17) is 10.6 Å². The Morgan fingerprint density at radius 2 is 2.19 bits per heavy atom. The molecule has 6 heteroatoms. The third-order valence-electron chi connectivity index (χ3n) is 2.54. The molecule has 1 rings (SSSR count). The Balaban J connectivity index is 2.60. The number of likely N-dealkylation sites (N-methyl/N-ethyl adjacent to an activating group) is 1. The van der Waals surface area contributed by atoms with Gasteiger partial charge in [-0.1, -0.05) is 0 Å². The quantitative estimate of drug-likeness (QED) is 0.561. The normalized spacial score (nSPS) is 11.6. The average Bonchev–Trinajstić information content (AvgIpc) is 2.26. The number of hydrazine groups is 1. The Kier molecular flexibility index (Phi) is 4.03. The number of nitrogen functional groups attached to an aromatic ring is 1. The van der Waals surface area contributed by atoms with Crippen molar-refractivity contribution >= 4 is 5.95 Å². The van der Waals surface area contributed by atoms with Crippen LogP contribution in [0.25, 0.3) is 0 Å². The zero-order chi connectivity index (χ0) is 12.2. The lowest BCUT2D eigenvalue weighted by atomic mass is 10.1. The lowest BCUT2D eigenvalue weighted by Crippen LogP contribution is -2.43. The number of hydrogen-bond acceptors (Lipinski definition) is 6. The summed E-state index contributed by atoms with van der Waals surface area (Å²) in [7, 11) is 4.02. The van der Waals surface area contributed by atoms with Gasteiger partial charge in [-0.2, -0.15) is 4.98 Å². The van der Waals surface area contributed by atoms with E-state index in [1.54, 1.807) is 12.3 Å². The Labute approximate surface area is 95.8 Å². The lowest BCUT2D eigenvalue weighted by Gasteiger charge is -2.31. The highest BCUT2D eigenvalue weighted by molar-refractivity contribution is 5.25. The highest BCUT2D eigenvalue weighted by atomic mass is 16.5. The topological polar surface area (TPSA) is 76.3 Å². The van der Waals surface area contributed by atoms with Crippen molar-refractivity contribution in [2.45, 2.75) is 19.4 Å². The third-order valence-corrected chi connectivity index (χ3v) is 2.54. The van der Waals surface area contributed by atoms with E-state index in [-0.39, 0.29) is 5.54 Å². The first kappa shape index (κ1) is 12.7. The molecule has 0 aliphatic heterocycles. The molecule has 0 amide bonds. The van der Waals surface area contributed by atoms with Crippen LogP contribution in [0.3, 0.4) is 0 Å². The third kappa shape index (κ3) is 3.32. The maximum atomic E-state index is 5.59. The SMILES string of the molecule is CN(C)C(C)(C)COc1ccnc(NN)n1. The molecule has 1 aromatic heterocycles. The first-order valence-electron chi connectivity index (χ1n) is 5.05. The van der Waals surface area contributed by atoms with E-state index >= 15 is 0 Å². The number of rotatable bonds is 5. The predicted molar refractivity (Wildman–Crippen MR) is 63.1 cm³/mol. The van der Waals surface area contributed by atoms with Crippen molar-refractivity contribution in [1.29, 1.82) is 0 Å². The van der Waals surface area contributed by atoms with Crippen molar-refractivity contribution in [2.75, 3.05) is 26.1 Å². The van der Waals surface area contributed by atoms with Crippen LogP contribution in [0.4, 0.5) is 5.95 Å². The fourth-order valence-electron chi connectivity index (χ4n) is 0.872. The second-order valence-corrected chi connectivity index (χ2v) is 4.36. The van der Waals surface area contributed by atoms with Gasteiger partial charge < -0.3 is 9.64 Å². The van der Waals surface area contributed by atoms with Gasteiger partial charge in [0.25, 0.3) is 0 Å². The summed E-state index contributed by atoms with van der Waals surface area (Å²) in [5.41, 5.74) is 2.32. The molecule has 0 saturated carbocycles. The maximum absolute atomic E-state index is 5.59. The molecule has 0 radical (unpaired) electrons. The molecule has 1 aromatic rings. The maximum Gasteiger partial charge on any atom is 0.240 e. The highest BCUT2D eigenvalue weighted by Gasteiger charge is 2.21. The van der Waals surface area contributed by atoms with E-state index in [1.807, 2.05) is 14.1 Å². The summed E-state index contributed by atoms with van der Waals surface area (Å²) in [5.74, 6) is 6.07. The van der Waals surface area contributed by atoms with Crippen LogP contribution in [-0.2, 0) is 0 Å². The highest BCUT2D eigenvalue weighted by Crippen LogP contribution is 2.14. The van der Waals surface area contributed by atoms with Crippen LogP contribution in [-0.4, -0.2) is 41.1 Å². The molecule has 0 aliphatic rings. The van der Waals surface area contributed by atoms with Crippen molar-refractivity contribution in [3.63, 3.8) is 0 Å². The minimum absolute atomic E-state index is 0.0543. The number of hydrogen-bond donors (Lipinski definition) is 2. The average molecular weight is 225 g/mol. The largest absolute Gasteiger partial charge is 0.476 e. The van der Waals surface area contributed by atoms with Gasteiger partial charge in [-0.15, -0.1) is 0 Å². The molecule has 6 nitrogen and oxygen atoms in total. The minimum atomic E-state index is -0.0543. The zero-order valence-electron chi connectivity index (χ0n) is 10.2. The van der Waals surface area contributed by atoms with E-state index in [0.29, 0.717) is 18.4 Å². The van der Waals surface area contributed by atoms with Gasteiger partial charge in [0, 0.05) is 17.8 Å². The minimum Gasteiger partial charge on any atom is -0.476 e. The summed E-state index contributed by atoms with van der Waals surface area (Å²) in [5, 5.41) is 0. The van der Waals surface area contributed by atoms with Gasteiger partial charge in [-0.3, -0.25) is 5.43 Å². The molecule has 0 fully saturated rings. The van der Waals surface area contributed by atoms with Crippen LogP contribution < -0.4 is 16.0 Å². The molecule has 0 atom stereocenters. The summed E-state index contributed by atoms with van der Waals surface area (Å²) >= 11 is 0. The molecular weight excluding hydrogens is 206 g/mol. The fourth-order valence-corrected chi connectivity index (χ4v) is 0.872. The van der Waals surface area contributed by atoms with Gasteiger partial charge in [0.1, 0.15) is 6.61 Å². The van der Waals surface area contributed by atoms with Crippen molar-refractivity contribution in [1.82, 2.24) is 14.9 Å².